The van der Waals surface area contributed by atoms with Gasteiger partial charge in [0.25, 0.3) is 0 Å². The lowest BCUT2D eigenvalue weighted by molar-refractivity contribution is 0.103. The Morgan fingerprint density at radius 2 is 1.59 bits per heavy atom. The van der Waals surface area contributed by atoms with Crippen LogP contribution in [0, 0.1) is 12.7 Å². The fraction of sp³-hybridized carbons (Fsp3) is 0.294. The van der Waals surface area contributed by atoms with E-state index in [4.69, 9.17) is 19.9 Å². The van der Waals surface area contributed by atoms with Crippen LogP contribution >= 0.6 is 0 Å². The Morgan fingerprint density at radius 3 is 2.27 bits per heavy atom. The number of hydrogen-bond acceptors (Lipinski definition) is 8. The van der Waals surface area contributed by atoms with E-state index in [1.165, 1.54) is 23.6 Å². The molecule has 0 saturated carbocycles. The Labute approximate surface area is 255 Å². The third-order valence-corrected chi connectivity index (χ3v) is 8.45. The fourth-order valence-corrected chi connectivity index (χ4v) is 6.07. The van der Waals surface area contributed by atoms with Crippen molar-refractivity contribution in [2.24, 2.45) is 0 Å². The lowest BCUT2D eigenvalue weighted by Crippen LogP contribution is -2.40. The number of anilines is 3. The second-order valence-corrected chi connectivity index (χ2v) is 11.3. The number of halogens is 1. The van der Waals surface area contributed by atoms with Gasteiger partial charge in [-0.05, 0) is 72.2 Å². The van der Waals surface area contributed by atoms with Crippen LogP contribution in [0.3, 0.4) is 0 Å². The number of fused-ring (bicyclic) bond motifs is 1. The molecule has 226 valence electrons. The van der Waals surface area contributed by atoms with Crippen molar-refractivity contribution in [1.82, 2.24) is 9.78 Å². The quantitative estimate of drug-likeness (QED) is 0.292. The number of nitrogens with zero attached hydrogens (tertiary/aromatic N) is 4. The Morgan fingerprint density at radius 1 is 0.909 bits per heavy atom. The SMILES string of the molecule is Cc1cc(-n2ncc(C(=O)C3=Cc4cc(N5CCOCC5)c(N5CCOCC5)cc4C3)c2N)ccc1Oc1ccccc1F. The monoisotopic (exact) mass is 595 g/mol. The van der Waals surface area contributed by atoms with Gasteiger partial charge in [0.1, 0.15) is 11.6 Å². The lowest BCUT2D eigenvalue weighted by Gasteiger charge is -2.36. The highest BCUT2D eigenvalue weighted by molar-refractivity contribution is 6.15. The number of Topliss-reactive ketones (excluding diaryl/α,β-unsaturated/α-hetero) is 1. The largest absolute Gasteiger partial charge is 0.454 e. The van der Waals surface area contributed by atoms with E-state index >= 15 is 0 Å². The number of benzene rings is 3. The van der Waals surface area contributed by atoms with Gasteiger partial charge in [-0.2, -0.15) is 5.10 Å². The molecule has 3 aromatic carbocycles. The minimum absolute atomic E-state index is 0.137. The molecule has 1 aromatic heterocycles. The summed E-state index contributed by atoms with van der Waals surface area (Å²) in [7, 11) is 0. The molecule has 0 bridgehead atoms. The van der Waals surface area contributed by atoms with Gasteiger partial charge in [-0.1, -0.05) is 12.1 Å². The van der Waals surface area contributed by atoms with E-state index in [9.17, 15) is 9.18 Å². The smallest absolute Gasteiger partial charge is 0.194 e. The molecule has 0 radical (unpaired) electrons. The second-order valence-electron chi connectivity index (χ2n) is 11.3. The molecule has 7 rings (SSSR count). The van der Waals surface area contributed by atoms with Crippen molar-refractivity contribution >= 4 is 29.1 Å². The van der Waals surface area contributed by atoms with Crippen LogP contribution in [0.1, 0.15) is 27.0 Å². The molecule has 2 fully saturated rings. The summed E-state index contributed by atoms with van der Waals surface area (Å²) in [4.78, 5) is 18.6. The maximum atomic E-state index is 14.1. The van der Waals surface area contributed by atoms with Crippen LogP contribution in [0.5, 0.6) is 11.5 Å². The molecule has 1 aliphatic carbocycles. The molecule has 0 atom stereocenters. The van der Waals surface area contributed by atoms with Gasteiger partial charge in [0.05, 0.1) is 55.2 Å². The molecule has 0 amide bonds. The number of carbonyl (C=O) groups excluding carboxylic acids is 1. The number of morpholine rings is 2. The van der Waals surface area contributed by atoms with E-state index < -0.39 is 5.82 Å². The normalized spacial score (nSPS) is 16.5. The highest BCUT2D eigenvalue weighted by atomic mass is 19.1. The average Bonchev–Trinajstić information content (AvgIpc) is 3.66. The number of aryl methyl sites for hydroxylation is 1. The first kappa shape index (κ1) is 28.1. The van der Waals surface area contributed by atoms with Gasteiger partial charge < -0.3 is 29.7 Å². The molecule has 3 heterocycles. The Bertz CT molecular complexity index is 1750. The molecule has 0 spiro atoms. The number of carbonyl (C=O) groups is 1. The summed E-state index contributed by atoms with van der Waals surface area (Å²) >= 11 is 0. The zero-order valence-corrected chi connectivity index (χ0v) is 24.6. The molecule has 3 aliphatic rings. The van der Waals surface area contributed by atoms with Crippen LogP contribution in [0.15, 0.2) is 66.4 Å². The predicted molar refractivity (Wildman–Crippen MR) is 168 cm³/mol. The van der Waals surface area contributed by atoms with E-state index in [0.717, 1.165) is 42.9 Å². The average molecular weight is 596 g/mol. The molecule has 4 aromatic rings. The van der Waals surface area contributed by atoms with Crippen LogP contribution in [0.4, 0.5) is 21.6 Å². The van der Waals surface area contributed by atoms with E-state index in [1.807, 2.05) is 19.1 Å². The van der Waals surface area contributed by atoms with Gasteiger partial charge >= 0.3 is 0 Å². The zero-order chi connectivity index (χ0) is 30.2. The molecule has 2 saturated heterocycles. The van der Waals surface area contributed by atoms with Gasteiger partial charge in [-0.25, -0.2) is 9.07 Å². The Balaban J connectivity index is 1.14. The Kier molecular flexibility index (Phi) is 7.53. The summed E-state index contributed by atoms with van der Waals surface area (Å²) in [5, 5.41) is 4.45. The third kappa shape index (κ3) is 5.31. The maximum absolute atomic E-state index is 14.1. The van der Waals surface area contributed by atoms with Gasteiger partial charge in [0.2, 0.25) is 0 Å². The van der Waals surface area contributed by atoms with Crippen LogP contribution in [-0.2, 0) is 15.9 Å². The van der Waals surface area contributed by atoms with E-state index in [1.54, 1.807) is 35.0 Å². The zero-order valence-electron chi connectivity index (χ0n) is 24.6. The first-order valence-corrected chi connectivity index (χ1v) is 14.9. The molecular weight excluding hydrogens is 561 g/mol. The van der Waals surface area contributed by atoms with E-state index in [2.05, 4.69) is 27.0 Å². The second kappa shape index (κ2) is 11.8. The number of aromatic nitrogens is 2. The molecule has 2 N–H and O–H groups in total. The van der Waals surface area contributed by atoms with Gasteiger partial charge in [0.15, 0.2) is 17.3 Å². The first-order chi connectivity index (χ1) is 21.5. The Hall–Kier alpha value is -4.67. The third-order valence-electron chi connectivity index (χ3n) is 8.45. The highest BCUT2D eigenvalue weighted by Crippen LogP contribution is 2.39. The molecule has 9 nitrogen and oxygen atoms in total. The van der Waals surface area contributed by atoms with E-state index in [-0.39, 0.29) is 17.4 Å². The van der Waals surface area contributed by atoms with E-state index in [0.29, 0.717) is 55.4 Å². The number of rotatable bonds is 7. The lowest BCUT2D eigenvalue weighted by atomic mass is 10.0. The van der Waals surface area contributed by atoms with Crippen molar-refractivity contribution in [1.29, 1.82) is 0 Å². The first-order valence-electron chi connectivity index (χ1n) is 14.9. The van der Waals surface area contributed by atoms with Crippen LogP contribution in [0.2, 0.25) is 0 Å². The summed E-state index contributed by atoms with van der Waals surface area (Å²) in [6.45, 7) is 7.99. The number of ketones is 1. The van der Waals surface area contributed by atoms with Gasteiger partial charge in [0, 0.05) is 38.2 Å². The number of allylic oxidation sites excluding steroid dienone is 1. The summed E-state index contributed by atoms with van der Waals surface area (Å²) in [6.07, 6.45) is 4.04. The number of nitrogens with two attached hydrogens (primary N) is 1. The maximum Gasteiger partial charge on any atom is 0.194 e. The number of ether oxygens (including phenoxy) is 3. The number of nitrogen functional groups attached to an aromatic ring is 1. The molecule has 0 unspecified atom stereocenters. The topological polar surface area (TPSA) is 95.1 Å². The van der Waals surface area contributed by atoms with Crippen molar-refractivity contribution in [2.45, 2.75) is 13.3 Å². The summed E-state index contributed by atoms with van der Waals surface area (Å²) in [5.41, 5.74) is 13.5. The van der Waals surface area contributed by atoms with Crippen molar-refractivity contribution in [3.05, 3.63) is 94.4 Å². The van der Waals surface area contributed by atoms with Crippen LogP contribution < -0.4 is 20.3 Å². The number of para-hydroxylation sites is 1. The van der Waals surface area contributed by atoms with Gasteiger partial charge in [-0.15, -0.1) is 0 Å². The number of hydrogen-bond donors (Lipinski definition) is 1. The standard InChI is InChI=1S/C34H34FN5O4/c1-22-16-26(6-7-31(22)44-32-5-3-2-4-28(32)35)40-34(36)27(21-37-40)33(41)25-17-23-19-29(38-8-12-42-13-9-38)30(20-24(23)18-25)39-10-14-43-15-11-39/h2-7,16-17,19-21H,8-15,18,36H2,1H3. The molecule has 44 heavy (non-hydrogen) atoms. The summed E-state index contributed by atoms with van der Waals surface area (Å²) < 4.78 is 32.7. The van der Waals surface area contributed by atoms with Crippen molar-refractivity contribution in [3.8, 4) is 17.2 Å². The summed E-state index contributed by atoms with van der Waals surface area (Å²) in [5.74, 6) is 0.352. The minimum atomic E-state index is -0.437. The fourth-order valence-electron chi connectivity index (χ4n) is 6.07. The van der Waals surface area contributed by atoms with Crippen molar-refractivity contribution in [3.63, 3.8) is 0 Å². The predicted octanol–water partition coefficient (Wildman–Crippen LogP) is 5.19. The van der Waals surface area contributed by atoms with Crippen molar-refractivity contribution in [2.75, 3.05) is 68.1 Å². The van der Waals surface area contributed by atoms with Crippen LogP contribution in [0.25, 0.3) is 11.8 Å². The van der Waals surface area contributed by atoms with Crippen molar-refractivity contribution < 1.29 is 23.4 Å². The van der Waals surface area contributed by atoms with Gasteiger partial charge in [-0.3, -0.25) is 4.79 Å². The van der Waals surface area contributed by atoms with Crippen LogP contribution in [-0.4, -0.2) is 68.2 Å². The molecule has 10 heteroatoms. The minimum Gasteiger partial charge on any atom is -0.454 e. The highest BCUT2D eigenvalue weighted by Gasteiger charge is 2.28. The molecule has 2 aliphatic heterocycles. The molecular formula is C34H34FN5O4. The summed E-state index contributed by atoms with van der Waals surface area (Å²) in [6, 6.07) is 16.1.